The predicted molar refractivity (Wildman–Crippen MR) is 75.4 cm³/mol. The van der Waals surface area contributed by atoms with Gasteiger partial charge in [0.15, 0.2) is 11.5 Å². The molecule has 0 fully saturated rings. The van der Waals surface area contributed by atoms with Crippen molar-refractivity contribution in [3.63, 3.8) is 0 Å². The third-order valence-corrected chi connectivity index (χ3v) is 3.78. The maximum absolute atomic E-state index is 12.5. The molecule has 1 aliphatic heterocycles. The lowest BCUT2D eigenvalue weighted by Gasteiger charge is -2.37. The fourth-order valence-electron chi connectivity index (χ4n) is 2.00. The first kappa shape index (κ1) is 15.2. The molecule has 0 aromatic heterocycles. The lowest BCUT2D eigenvalue weighted by Crippen LogP contribution is -2.58. The van der Waals surface area contributed by atoms with Crippen LogP contribution < -0.4 is 9.47 Å². The van der Waals surface area contributed by atoms with E-state index in [0.29, 0.717) is 11.5 Å². The molecule has 114 valence electrons. The molecule has 21 heavy (non-hydrogen) atoms. The highest BCUT2D eigenvalue weighted by Crippen LogP contribution is 2.34. The smallest absolute Gasteiger partial charge is 0.329 e. The molecular formula is C15H19NO5. The zero-order chi connectivity index (χ0) is 15.8. The van der Waals surface area contributed by atoms with Gasteiger partial charge in [0, 0.05) is 7.05 Å². The topological polar surface area (TPSA) is 76.1 Å². The first-order valence-electron chi connectivity index (χ1n) is 6.68. The minimum absolute atomic E-state index is 0.426. The first-order valence-corrected chi connectivity index (χ1v) is 6.68. The summed E-state index contributed by atoms with van der Waals surface area (Å²) in [6.07, 6.45) is -1.37. The van der Waals surface area contributed by atoms with Crippen LogP contribution in [0, 0.1) is 0 Å². The number of aliphatic carboxylic acids is 1. The largest absolute Gasteiger partial charge is 0.482 e. The number of likely N-dealkylation sites (N-methyl/N-ethyl adjacent to an activating group) is 1. The number of nitrogens with zero attached hydrogens (tertiary/aromatic N) is 1. The van der Waals surface area contributed by atoms with Crippen molar-refractivity contribution < 1.29 is 24.2 Å². The van der Waals surface area contributed by atoms with E-state index in [2.05, 4.69) is 0 Å². The molecule has 2 unspecified atom stereocenters. The Bertz CT molecular complexity index is 569. The summed E-state index contributed by atoms with van der Waals surface area (Å²) < 4.78 is 11.4. The molecule has 0 spiro atoms. The third-order valence-electron chi connectivity index (χ3n) is 3.78. The Hall–Kier alpha value is -2.24. The zero-order valence-corrected chi connectivity index (χ0v) is 12.5. The predicted octanol–water partition coefficient (Wildman–Crippen LogP) is 1.54. The second-order valence-corrected chi connectivity index (χ2v) is 5.57. The van der Waals surface area contributed by atoms with Crippen LogP contribution in [0.3, 0.4) is 0 Å². The lowest BCUT2D eigenvalue weighted by atomic mass is 10.0. The maximum Gasteiger partial charge on any atom is 0.329 e. The minimum atomic E-state index is -1.32. The molecule has 1 aliphatic rings. The number of carbonyl (C=O) groups excluding carboxylic acids is 1. The third kappa shape index (κ3) is 2.66. The lowest BCUT2D eigenvalue weighted by molar-refractivity contribution is -0.161. The summed E-state index contributed by atoms with van der Waals surface area (Å²) in [4.78, 5) is 25.0. The Morgan fingerprint density at radius 1 is 1.19 bits per heavy atom. The van der Waals surface area contributed by atoms with Crippen molar-refractivity contribution >= 4 is 11.9 Å². The van der Waals surface area contributed by atoms with Crippen molar-refractivity contribution in [3.8, 4) is 11.5 Å². The van der Waals surface area contributed by atoms with Crippen LogP contribution in [0.15, 0.2) is 24.3 Å². The Morgan fingerprint density at radius 2 is 1.71 bits per heavy atom. The van der Waals surface area contributed by atoms with Crippen molar-refractivity contribution in [2.24, 2.45) is 0 Å². The molecule has 0 saturated heterocycles. The van der Waals surface area contributed by atoms with E-state index in [0.717, 1.165) is 0 Å². The number of carboxylic acid groups (broad SMARTS) is 1. The number of amides is 1. The van der Waals surface area contributed by atoms with E-state index in [9.17, 15) is 14.7 Å². The number of para-hydroxylation sites is 2. The number of hydrogen-bond acceptors (Lipinski definition) is 4. The van der Waals surface area contributed by atoms with E-state index in [1.165, 1.54) is 25.8 Å². The highest BCUT2D eigenvalue weighted by atomic mass is 16.6. The molecule has 1 N–H and O–H groups in total. The molecule has 1 aromatic carbocycles. The van der Waals surface area contributed by atoms with Gasteiger partial charge in [-0.2, -0.15) is 0 Å². The van der Waals surface area contributed by atoms with E-state index in [4.69, 9.17) is 9.47 Å². The summed E-state index contributed by atoms with van der Waals surface area (Å²) >= 11 is 0. The average Bonchev–Trinajstić information content (AvgIpc) is 2.44. The normalized spacial score (nSPS) is 20.8. The molecule has 2 rings (SSSR count). The Labute approximate surface area is 123 Å². The monoisotopic (exact) mass is 293 g/mol. The first-order chi connectivity index (χ1) is 9.75. The van der Waals surface area contributed by atoms with Crippen LogP contribution in [0.5, 0.6) is 11.5 Å². The van der Waals surface area contributed by atoms with Gasteiger partial charge in [0.2, 0.25) is 6.10 Å². The van der Waals surface area contributed by atoms with Crippen molar-refractivity contribution in [1.29, 1.82) is 0 Å². The van der Waals surface area contributed by atoms with Gasteiger partial charge in [0.05, 0.1) is 0 Å². The van der Waals surface area contributed by atoms with Crippen LogP contribution in [-0.4, -0.2) is 46.7 Å². The van der Waals surface area contributed by atoms with Crippen LogP contribution in [0.4, 0.5) is 0 Å². The summed E-state index contributed by atoms with van der Waals surface area (Å²) in [6, 6.07) is 7.07. The molecule has 1 aromatic rings. The van der Waals surface area contributed by atoms with Gasteiger partial charge in [-0.1, -0.05) is 12.1 Å². The van der Waals surface area contributed by atoms with Gasteiger partial charge in [-0.05, 0) is 32.9 Å². The SMILES string of the molecule is CC1Oc2ccccc2OC1C(=O)N(C)C(C)(C)C(=O)O. The van der Waals surface area contributed by atoms with Crippen molar-refractivity contribution in [2.75, 3.05) is 7.05 Å². The molecule has 0 aliphatic carbocycles. The molecule has 0 radical (unpaired) electrons. The van der Waals surface area contributed by atoms with Crippen LogP contribution in [0.25, 0.3) is 0 Å². The van der Waals surface area contributed by atoms with E-state index in [1.807, 2.05) is 6.07 Å². The van der Waals surface area contributed by atoms with Gasteiger partial charge in [-0.25, -0.2) is 4.79 Å². The quantitative estimate of drug-likeness (QED) is 0.914. The number of benzene rings is 1. The fraction of sp³-hybridized carbons (Fsp3) is 0.467. The van der Waals surface area contributed by atoms with Gasteiger partial charge < -0.3 is 19.5 Å². The summed E-state index contributed by atoms with van der Waals surface area (Å²) in [5.41, 5.74) is -1.32. The van der Waals surface area contributed by atoms with Crippen LogP contribution in [-0.2, 0) is 9.59 Å². The Kier molecular flexibility index (Phi) is 3.80. The van der Waals surface area contributed by atoms with E-state index in [1.54, 1.807) is 25.1 Å². The molecule has 2 atom stereocenters. The molecule has 0 bridgehead atoms. The van der Waals surface area contributed by atoms with Gasteiger partial charge in [0.1, 0.15) is 11.6 Å². The number of carbonyl (C=O) groups is 2. The molecule has 6 nitrogen and oxygen atoms in total. The average molecular weight is 293 g/mol. The summed E-state index contributed by atoms with van der Waals surface area (Å²) in [5.74, 6) is -0.447. The number of rotatable bonds is 3. The van der Waals surface area contributed by atoms with Crippen molar-refractivity contribution in [3.05, 3.63) is 24.3 Å². The number of hydrogen-bond donors (Lipinski definition) is 1. The molecule has 1 heterocycles. The van der Waals surface area contributed by atoms with Gasteiger partial charge in [-0.3, -0.25) is 4.79 Å². The van der Waals surface area contributed by atoms with Crippen LogP contribution in [0.1, 0.15) is 20.8 Å². The minimum Gasteiger partial charge on any atom is -0.482 e. The molecular weight excluding hydrogens is 274 g/mol. The van der Waals surface area contributed by atoms with Crippen LogP contribution in [0.2, 0.25) is 0 Å². The second kappa shape index (κ2) is 5.27. The standard InChI is InChI=1S/C15H19NO5/c1-9-12(13(17)16(4)15(2,3)14(18)19)21-11-8-6-5-7-10(11)20-9/h5-9,12H,1-4H3,(H,18,19). The Morgan fingerprint density at radius 3 is 2.24 bits per heavy atom. The van der Waals surface area contributed by atoms with E-state index < -0.39 is 29.6 Å². The Balaban J connectivity index is 2.23. The van der Waals surface area contributed by atoms with Gasteiger partial charge in [0.25, 0.3) is 5.91 Å². The highest BCUT2D eigenvalue weighted by Gasteiger charge is 2.42. The number of ether oxygens (including phenoxy) is 2. The fourth-order valence-corrected chi connectivity index (χ4v) is 2.00. The maximum atomic E-state index is 12.5. The number of carboxylic acids is 1. The van der Waals surface area contributed by atoms with E-state index >= 15 is 0 Å². The molecule has 6 heteroatoms. The van der Waals surface area contributed by atoms with Gasteiger partial charge in [-0.15, -0.1) is 0 Å². The molecule has 1 amide bonds. The van der Waals surface area contributed by atoms with Crippen molar-refractivity contribution in [2.45, 2.75) is 38.5 Å². The zero-order valence-electron chi connectivity index (χ0n) is 12.5. The number of fused-ring (bicyclic) bond motifs is 1. The van der Waals surface area contributed by atoms with E-state index in [-0.39, 0.29) is 0 Å². The highest BCUT2D eigenvalue weighted by molar-refractivity contribution is 5.89. The van der Waals surface area contributed by atoms with Gasteiger partial charge >= 0.3 is 5.97 Å². The second-order valence-electron chi connectivity index (χ2n) is 5.57. The summed E-state index contributed by atoms with van der Waals surface area (Å²) in [7, 11) is 1.45. The van der Waals surface area contributed by atoms with Crippen LogP contribution >= 0.6 is 0 Å². The van der Waals surface area contributed by atoms with Crippen molar-refractivity contribution in [1.82, 2.24) is 4.90 Å². The summed E-state index contributed by atoms with van der Waals surface area (Å²) in [6.45, 7) is 4.66. The molecule has 0 saturated carbocycles. The summed E-state index contributed by atoms with van der Waals surface area (Å²) in [5, 5.41) is 9.22.